The smallest absolute Gasteiger partial charge is 0.0111 e. The second-order valence-electron chi connectivity index (χ2n) is 4.56. The van der Waals surface area contributed by atoms with Gasteiger partial charge in [0.1, 0.15) is 0 Å². The monoisotopic (exact) mass is 221 g/mol. The van der Waals surface area contributed by atoms with Crippen LogP contribution in [-0.4, -0.2) is 0 Å². The Morgan fingerprint density at radius 3 is 1.88 bits per heavy atom. The number of rotatable bonds is 3. The molecular formula is C17H17. The molecule has 2 aromatic rings. The lowest BCUT2D eigenvalue weighted by Crippen LogP contribution is -1.89. The molecule has 0 aliphatic rings. The van der Waals surface area contributed by atoms with Crippen LogP contribution in [0.25, 0.3) is 5.57 Å². The fourth-order valence-corrected chi connectivity index (χ4v) is 1.83. The van der Waals surface area contributed by atoms with Crippen LogP contribution in [0.2, 0.25) is 0 Å². The van der Waals surface area contributed by atoms with Crippen LogP contribution in [0.3, 0.4) is 0 Å². The van der Waals surface area contributed by atoms with Gasteiger partial charge in [-0.25, -0.2) is 0 Å². The first-order chi connectivity index (χ1) is 8.18. The van der Waals surface area contributed by atoms with Crippen LogP contribution in [0.4, 0.5) is 0 Å². The third kappa shape index (κ3) is 2.65. The number of hydrogen-bond acceptors (Lipinski definition) is 0. The Morgan fingerprint density at radius 2 is 1.35 bits per heavy atom. The van der Waals surface area contributed by atoms with Crippen molar-refractivity contribution >= 4 is 5.57 Å². The van der Waals surface area contributed by atoms with Gasteiger partial charge >= 0.3 is 0 Å². The Bertz CT molecular complexity index is 489. The molecule has 2 rings (SSSR count). The highest BCUT2D eigenvalue weighted by molar-refractivity contribution is 5.76. The molecular weight excluding hydrogens is 204 g/mol. The molecule has 0 aliphatic heterocycles. The van der Waals surface area contributed by atoms with Crippen molar-refractivity contribution in [1.29, 1.82) is 0 Å². The van der Waals surface area contributed by atoms with Crippen molar-refractivity contribution < 1.29 is 0 Å². The van der Waals surface area contributed by atoms with Gasteiger partial charge in [-0.15, -0.1) is 0 Å². The molecule has 0 bridgehead atoms. The Balaban J connectivity index is 2.27. The molecule has 0 nitrogen and oxygen atoms in total. The Morgan fingerprint density at radius 1 is 0.824 bits per heavy atom. The van der Waals surface area contributed by atoms with Crippen molar-refractivity contribution in [3.63, 3.8) is 0 Å². The molecule has 0 heteroatoms. The summed E-state index contributed by atoms with van der Waals surface area (Å²) in [6.45, 7) is 10.5. The van der Waals surface area contributed by atoms with Crippen molar-refractivity contribution in [2.24, 2.45) is 0 Å². The molecule has 0 heterocycles. The van der Waals surface area contributed by atoms with Crippen molar-refractivity contribution in [2.45, 2.75) is 19.8 Å². The molecule has 0 atom stereocenters. The van der Waals surface area contributed by atoms with E-state index in [0.717, 1.165) is 16.7 Å². The van der Waals surface area contributed by atoms with Gasteiger partial charge in [0.15, 0.2) is 0 Å². The zero-order valence-electron chi connectivity index (χ0n) is 10.4. The molecule has 85 valence electrons. The fourth-order valence-electron chi connectivity index (χ4n) is 1.83. The summed E-state index contributed by atoms with van der Waals surface area (Å²) in [4.78, 5) is 0. The largest absolute Gasteiger partial charge is 0.0622 e. The molecule has 2 aromatic carbocycles. The second kappa shape index (κ2) is 5.01. The molecule has 0 N–H and O–H groups in total. The van der Waals surface area contributed by atoms with Gasteiger partial charge in [0.2, 0.25) is 0 Å². The van der Waals surface area contributed by atoms with Crippen LogP contribution in [0.5, 0.6) is 0 Å². The van der Waals surface area contributed by atoms with E-state index in [1.54, 1.807) is 0 Å². The molecule has 0 amide bonds. The van der Waals surface area contributed by atoms with Gasteiger partial charge in [-0.2, -0.15) is 0 Å². The summed E-state index contributed by atoms with van der Waals surface area (Å²) in [6.07, 6.45) is 0. The lowest BCUT2D eigenvalue weighted by atomic mass is 9.96. The van der Waals surface area contributed by atoms with Crippen LogP contribution in [-0.2, 0) is 0 Å². The molecule has 1 radical (unpaired) electrons. The second-order valence-corrected chi connectivity index (χ2v) is 4.56. The minimum Gasteiger partial charge on any atom is -0.0622 e. The molecule has 17 heavy (non-hydrogen) atoms. The Labute approximate surface area is 104 Å². The quantitative estimate of drug-likeness (QED) is 0.706. The van der Waals surface area contributed by atoms with E-state index in [9.17, 15) is 0 Å². The van der Waals surface area contributed by atoms with E-state index in [0.29, 0.717) is 5.92 Å². The Hall–Kier alpha value is -1.82. The minimum atomic E-state index is 0.557. The third-order valence-electron chi connectivity index (χ3n) is 2.97. The zero-order chi connectivity index (χ0) is 12.3. The summed E-state index contributed by atoms with van der Waals surface area (Å²) in [7, 11) is 0. The first kappa shape index (κ1) is 11.7. The molecule has 0 fully saturated rings. The van der Waals surface area contributed by atoms with E-state index < -0.39 is 0 Å². The van der Waals surface area contributed by atoms with E-state index in [1.165, 1.54) is 5.56 Å². The number of hydrogen-bond donors (Lipinski definition) is 0. The van der Waals surface area contributed by atoms with E-state index in [-0.39, 0.29) is 0 Å². The molecule has 0 spiro atoms. The first-order valence-corrected chi connectivity index (χ1v) is 5.96. The fraction of sp³-hybridized carbons (Fsp3) is 0.176. The van der Waals surface area contributed by atoms with Crippen molar-refractivity contribution in [2.75, 3.05) is 0 Å². The SMILES string of the molecule is [CH]=C(c1ccccc1)c1ccc(C(C)C)cc1. The van der Waals surface area contributed by atoms with Crippen molar-refractivity contribution in [1.82, 2.24) is 0 Å². The van der Waals surface area contributed by atoms with E-state index in [2.05, 4.69) is 38.1 Å². The van der Waals surface area contributed by atoms with Crippen LogP contribution in [0.15, 0.2) is 54.6 Å². The lowest BCUT2D eigenvalue weighted by molar-refractivity contribution is 0.866. The third-order valence-corrected chi connectivity index (χ3v) is 2.97. The average molecular weight is 221 g/mol. The van der Waals surface area contributed by atoms with Gasteiger partial charge in [0.05, 0.1) is 0 Å². The highest BCUT2D eigenvalue weighted by Gasteiger charge is 2.03. The normalized spacial score (nSPS) is 10.5. The standard InChI is InChI=1S/C17H17/c1-13(2)15-9-11-17(12-10-15)14(3)16-7-5-4-6-8-16/h3-13H,1-2H3. The van der Waals surface area contributed by atoms with Gasteiger partial charge < -0.3 is 0 Å². The van der Waals surface area contributed by atoms with E-state index in [1.807, 2.05) is 30.3 Å². The summed E-state index contributed by atoms with van der Waals surface area (Å²) < 4.78 is 0. The van der Waals surface area contributed by atoms with Crippen LogP contribution < -0.4 is 0 Å². The van der Waals surface area contributed by atoms with Crippen molar-refractivity contribution in [3.05, 3.63) is 77.9 Å². The molecule has 0 saturated heterocycles. The summed E-state index contributed by atoms with van der Waals surface area (Å²) in [5.74, 6) is 0.557. The van der Waals surface area contributed by atoms with Gasteiger partial charge in [0, 0.05) is 0 Å². The lowest BCUT2D eigenvalue weighted by Gasteiger charge is -2.09. The van der Waals surface area contributed by atoms with Crippen LogP contribution in [0.1, 0.15) is 36.5 Å². The van der Waals surface area contributed by atoms with Gasteiger partial charge in [-0.05, 0) is 28.2 Å². The molecule has 0 unspecified atom stereocenters. The summed E-state index contributed by atoms with van der Waals surface area (Å²) >= 11 is 0. The summed E-state index contributed by atoms with van der Waals surface area (Å²) in [5.41, 5.74) is 4.33. The maximum atomic E-state index is 6.16. The average Bonchev–Trinajstić information content (AvgIpc) is 2.39. The maximum Gasteiger partial charge on any atom is -0.0111 e. The zero-order valence-corrected chi connectivity index (χ0v) is 10.4. The van der Waals surface area contributed by atoms with Gasteiger partial charge in [0.25, 0.3) is 0 Å². The molecule has 0 aromatic heterocycles. The molecule has 0 aliphatic carbocycles. The summed E-state index contributed by atoms with van der Waals surface area (Å²) in [5, 5.41) is 0. The van der Waals surface area contributed by atoms with E-state index >= 15 is 0 Å². The first-order valence-electron chi connectivity index (χ1n) is 5.96. The van der Waals surface area contributed by atoms with Crippen LogP contribution in [0, 0.1) is 6.58 Å². The summed E-state index contributed by atoms with van der Waals surface area (Å²) in [6, 6.07) is 18.6. The highest BCUT2D eigenvalue weighted by Crippen LogP contribution is 2.23. The topological polar surface area (TPSA) is 0 Å². The van der Waals surface area contributed by atoms with Gasteiger partial charge in [-0.1, -0.05) is 75.0 Å². The predicted molar refractivity (Wildman–Crippen MR) is 73.8 cm³/mol. The Kier molecular flexibility index (Phi) is 3.43. The minimum absolute atomic E-state index is 0.557. The molecule has 0 saturated carbocycles. The highest BCUT2D eigenvalue weighted by atomic mass is 14.1. The van der Waals surface area contributed by atoms with Gasteiger partial charge in [-0.3, -0.25) is 0 Å². The van der Waals surface area contributed by atoms with Crippen molar-refractivity contribution in [3.8, 4) is 0 Å². The predicted octanol–water partition coefficient (Wildman–Crippen LogP) is 4.67. The van der Waals surface area contributed by atoms with Crippen LogP contribution >= 0.6 is 0 Å². The van der Waals surface area contributed by atoms with E-state index in [4.69, 9.17) is 6.58 Å². The maximum absolute atomic E-state index is 6.16. The number of benzene rings is 2.